The van der Waals surface area contributed by atoms with Crippen LogP contribution >= 0.6 is 15.9 Å². The fraction of sp³-hybridized carbons (Fsp3) is 0.267. The predicted octanol–water partition coefficient (Wildman–Crippen LogP) is 3.85. The van der Waals surface area contributed by atoms with Gasteiger partial charge in [0.1, 0.15) is 0 Å². The molecule has 1 atom stereocenters. The number of hydrogen-bond donors (Lipinski definition) is 1. The molecule has 1 aliphatic rings. The van der Waals surface area contributed by atoms with Gasteiger partial charge < -0.3 is 9.73 Å². The van der Waals surface area contributed by atoms with Crippen molar-refractivity contribution in [3.05, 3.63) is 58.0 Å². The lowest BCUT2D eigenvalue weighted by molar-refractivity contribution is 0.0903. The number of aryl methyl sites for hydroxylation is 1. The van der Waals surface area contributed by atoms with Gasteiger partial charge in [-0.15, -0.1) is 0 Å². The van der Waals surface area contributed by atoms with Crippen molar-refractivity contribution in [1.82, 2.24) is 5.32 Å². The molecule has 3 rings (SSSR count). The monoisotopic (exact) mass is 319 g/mol. The normalized spacial score (nSPS) is 17.8. The number of amides is 1. The van der Waals surface area contributed by atoms with E-state index in [-0.39, 0.29) is 11.9 Å². The number of furan rings is 1. The molecular formula is C15H14BrNO2. The van der Waals surface area contributed by atoms with E-state index >= 15 is 0 Å². The number of hydrogen-bond acceptors (Lipinski definition) is 2. The van der Waals surface area contributed by atoms with Crippen LogP contribution in [0.4, 0.5) is 0 Å². The van der Waals surface area contributed by atoms with E-state index in [1.165, 1.54) is 11.1 Å². The number of rotatable bonds is 2. The van der Waals surface area contributed by atoms with Gasteiger partial charge in [-0.25, -0.2) is 0 Å². The maximum absolute atomic E-state index is 12.1. The minimum Gasteiger partial charge on any atom is -0.444 e. The third-order valence-electron chi connectivity index (χ3n) is 3.47. The largest absolute Gasteiger partial charge is 0.444 e. The van der Waals surface area contributed by atoms with Gasteiger partial charge in [0.25, 0.3) is 5.91 Å². The van der Waals surface area contributed by atoms with Crippen LogP contribution in [0.15, 0.2) is 45.5 Å². The molecular weight excluding hydrogens is 306 g/mol. The van der Waals surface area contributed by atoms with Gasteiger partial charge in [0.2, 0.25) is 0 Å². The second-order valence-electron chi connectivity index (χ2n) is 4.72. The molecule has 0 saturated carbocycles. The second kappa shape index (κ2) is 5.21. The van der Waals surface area contributed by atoms with Crippen molar-refractivity contribution in [2.45, 2.75) is 25.3 Å². The average molecular weight is 320 g/mol. The van der Waals surface area contributed by atoms with E-state index < -0.39 is 0 Å². The van der Waals surface area contributed by atoms with Crippen molar-refractivity contribution in [3.63, 3.8) is 0 Å². The summed E-state index contributed by atoms with van der Waals surface area (Å²) >= 11 is 3.20. The van der Waals surface area contributed by atoms with E-state index in [2.05, 4.69) is 33.4 Å². The standard InChI is InChI=1S/C15H14BrNO2/c16-14-9-8-13(19-14)15(18)17-12-7-3-5-10-4-1-2-6-11(10)12/h1-2,4,6,8-9,12H,3,5,7H2,(H,17,18). The van der Waals surface area contributed by atoms with Crippen LogP contribution in [0.5, 0.6) is 0 Å². The van der Waals surface area contributed by atoms with E-state index in [1.807, 2.05) is 12.1 Å². The Balaban J connectivity index is 1.79. The third kappa shape index (κ3) is 2.59. The molecule has 1 amide bonds. The van der Waals surface area contributed by atoms with Crippen molar-refractivity contribution in [2.75, 3.05) is 0 Å². The predicted molar refractivity (Wildman–Crippen MR) is 76.0 cm³/mol. The van der Waals surface area contributed by atoms with Crippen molar-refractivity contribution in [1.29, 1.82) is 0 Å². The first-order valence-corrected chi connectivity index (χ1v) is 7.17. The van der Waals surface area contributed by atoms with Crippen molar-refractivity contribution < 1.29 is 9.21 Å². The first kappa shape index (κ1) is 12.5. The smallest absolute Gasteiger partial charge is 0.287 e. The highest BCUT2D eigenvalue weighted by molar-refractivity contribution is 9.10. The van der Waals surface area contributed by atoms with E-state index in [0.29, 0.717) is 10.4 Å². The molecule has 1 aromatic carbocycles. The molecule has 0 aliphatic heterocycles. The van der Waals surface area contributed by atoms with Gasteiger partial charge in [-0.05, 0) is 58.5 Å². The summed E-state index contributed by atoms with van der Waals surface area (Å²) < 4.78 is 5.85. The van der Waals surface area contributed by atoms with Crippen molar-refractivity contribution in [2.24, 2.45) is 0 Å². The van der Waals surface area contributed by atoms with E-state index in [0.717, 1.165) is 19.3 Å². The molecule has 0 bridgehead atoms. The van der Waals surface area contributed by atoms with E-state index in [9.17, 15) is 4.79 Å². The fourth-order valence-corrected chi connectivity index (χ4v) is 2.88. The lowest BCUT2D eigenvalue weighted by atomic mass is 9.88. The topological polar surface area (TPSA) is 42.2 Å². The Labute approximate surface area is 120 Å². The van der Waals surface area contributed by atoms with Crippen LogP contribution in [0, 0.1) is 0 Å². The number of carbonyl (C=O) groups excluding carboxylic acids is 1. The molecule has 3 nitrogen and oxygen atoms in total. The number of halogens is 1. The molecule has 2 aromatic rings. The maximum Gasteiger partial charge on any atom is 0.287 e. The summed E-state index contributed by atoms with van der Waals surface area (Å²) in [5.41, 5.74) is 2.56. The van der Waals surface area contributed by atoms with E-state index in [1.54, 1.807) is 12.1 Å². The van der Waals surface area contributed by atoms with Crippen LogP contribution in [0.1, 0.15) is 40.6 Å². The fourth-order valence-electron chi connectivity index (χ4n) is 2.57. The van der Waals surface area contributed by atoms with Gasteiger partial charge in [0.05, 0.1) is 6.04 Å². The summed E-state index contributed by atoms with van der Waals surface area (Å²) in [6.07, 6.45) is 3.17. The van der Waals surface area contributed by atoms with Gasteiger partial charge >= 0.3 is 0 Å². The average Bonchev–Trinajstić information content (AvgIpc) is 2.86. The van der Waals surface area contributed by atoms with Gasteiger partial charge in [-0.1, -0.05) is 24.3 Å². The highest BCUT2D eigenvalue weighted by Crippen LogP contribution is 2.29. The SMILES string of the molecule is O=C(NC1CCCc2ccccc21)c1ccc(Br)o1. The zero-order valence-corrected chi connectivity index (χ0v) is 11.9. The first-order valence-electron chi connectivity index (χ1n) is 6.38. The molecule has 1 unspecified atom stereocenters. The summed E-state index contributed by atoms with van der Waals surface area (Å²) in [5, 5.41) is 3.05. The van der Waals surface area contributed by atoms with Crippen LogP contribution in [0.3, 0.4) is 0 Å². The van der Waals surface area contributed by atoms with Crippen LogP contribution in [0.2, 0.25) is 0 Å². The quantitative estimate of drug-likeness (QED) is 0.913. The maximum atomic E-state index is 12.1. The molecule has 0 radical (unpaired) electrons. The summed E-state index contributed by atoms with van der Waals surface area (Å²) in [4.78, 5) is 12.1. The molecule has 98 valence electrons. The Bertz CT molecular complexity index is 606. The number of carbonyl (C=O) groups is 1. The Kier molecular flexibility index (Phi) is 3.42. The van der Waals surface area contributed by atoms with Gasteiger partial charge in [-0.3, -0.25) is 4.79 Å². The highest BCUT2D eigenvalue weighted by atomic mass is 79.9. The van der Waals surface area contributed by atoms with Crippen LogP contribution in [0.25, 0.3) is 0 Å². The lowest BCUT2D eigenvalue weighted by Crippen LogP contribution is -2.30. The molecule has 19 heavy (non-hydrogen) atoms. The number of nitrogens with one attached hydrogen (secondary N) is 1. The molecule has 1 aromatic heterocycles. The second-order valence-corrected chi connectivity index (χ2v) is 5.50. The molecule has 4 heteroatoms. The molecule has 0 fully saturated rings. The Hall–Kier alpha value is -1.55. The molecule has 0 saturated heterocycles. The zero-order valence-electron chi connectivity index (χ0n) is 10.4. The van der Waals surface area contributed by atoms with Crippen LogP contribution in [-0.2, 0) is 6.42 Å². The van der Waals surface area contributed by atoms with Crippen molar-refractivity contribution >= 4 is 21.8 Å². The van der Waals surface area contributed by atoms with Crippen molar-refractivity contribution in [3.8, 4) is 0 Å². The summed E-state index contributed by atoms with van der Waals surface area (Å²) in [7, 11) is 0. The van der Waals surface area contributed by atoms with Crippen LogP contribution in [-0.4, -0.2) is 5.91 Å². The van der Waals surface area contributed by atoms with Gasteiger partial charge in [-0.2, -0.15) is 0 Å². The van der Waals surface area contributed by atoms with Crippen LogP contribution < -0.4 is 5.32 Å². The number of fused-ring (bicyclic) bond motifs is 1. The molecule has 1 aliphatic carbocycles. The Morgan fingerprint density at radius 3 is 2.89 bits per heavy atom. The Morgan fingerprint density at radius 1 is 1.26 bits per heavy atom. The van der Waals surface area contributed by atoms with Gasteiger partial charge in [0.15, 0.2) is 10.4 Å². The minimum absolute atomic E-state index is 0.0846. The minimum atomic E-state index is -0.160. The number of benzene rings is 1. The summed E-state index contributed by atoms with van der Waals surface area (Å²) in [6.45, 7) is 0. The lowest BCUT2D eigenvalue weighted by Gasteiger charge is -2.25. The summed E-state index contributed by atoms with van der Waals surface area (Å²) in [5.74, 6) is 0.183. The van der Waals surface area contributed by atoms with E-state index in [4.69, 9.17) is 4.42 Å². The molecule has 1 heterocycles. The van der Waals surface area contributed by atoms with Gasteiger partial charge in [0, 0.05) is 0 Å². The molecule has 1 N–H and O–H groups in total. The molecule has 0 spiro atoms. The summed E-state index contributed by atoms with van der Waals surface area (Å²) in [6, 6.07) is 11.8. The zero-order chi connectivity index (χ0) is 13.2. The third-order valence-corrected chi connectivity index (χ3v) is 3.90. The Morgan fingerprint density at radius 2 is 2.11 bits per heavy atom. The first-order chi connectivity index (χ1) is 9.24. The highest BCUT2D eigenvalue weighted by Gasteiger charge is 2.22.